The largest absolute Gasteiger partial charge is 0.450 e. The zero-order valence-corrected chi connectivity index (χ0v) is 17.8. The van der Waals surface area contributed by atoms with Crippen molar-refractivity contribution in [3.05, 3.63) is 69.2 Å². The van der Waals surface area contributed by atoms with Crippen molar-refractivity contribution in [1.82, 2.24) is 4.90 Å². The standard InChI is InChI=1S/C23H19BrN2O4/c24-16-5-6-18-17(11-16)19(27)29-22(18)7-9-26(10-8-22)21-25-20(28)23(30-21)12-14-3-1-2-4-15(14)13-23/h1-6,11H,7-10,12-13H2. The van der Waals surface area contributed by atoms with Crippen LogP contribution in [0.1, 0.15) is 39.9 Å². The normalized spacial score (nSPS) is 22.7. The fraction of sp³-hybridized carbons (Fsp3) is 0.348. The molecular formula is C23H19BrN2O4. The van der Waals surface area contributed by atoms with Crippen LogP contribution in [0.3, 0.4) is 0 Å². The Morgan fingerprint density at radius 3 is 2.33 bits per heavy atom. The third kappa shape index (κ3) is 2.51. The van der Waals surface area contributed by atoms with E-state index in [4.69, 9.17) is 9.47 Å². The lowest BCUT2D eigenvalue weighted by Gasteiger charge is -2.39. The lowest BCUT2D eigenvalue weighted by Crippen LogP contribution is -2.47. The van der Waals surface area contributed by atoms with Crippen LogP contribution in [0.15, 0.2) is 51.9 Å². The van der Waals surface area contributed by atoms with Crippen LogP contribution < -0.4 is 0 Å². The van der Waals surface area contributed by atoms with Crippen LogP contribution in [0.5, 0.6) is 0 Å². The van der Waals surface area contributed by atoms with Crippen molar-refractivity contribution in [2.45, 2.75) is 36.9 Å². The van der Waals surface area contributed by atoms with E-state index in [1.807, 2.05) is 47.4 Å². The molecule has 0 N–H and O–H groups in total. The maximum atomic E-state index is 12.8. The van der Waals surface area contributed by atoms with Gasteiger partial charge in [-0.1, -0.05) is 46.3 Å². The second-order valence-electron chi connectivity index (χ2n) is 8.48. The molecule has 6 rings (SSSR count). The van der Waals surface area contributed by atoms with Gasteiger partial charge in [0, 0.05) is 48.8 Å². The smallest absolute Gasteiger partial charge is 0.339 e. The van der Waals surface area contributed by atoms with Gasteiger partial charge in [0.05, 0.1) is 5.56 Å². The summed E-state index contributed by atoms with van der Waals surface area (Å²) in [6.07, 6.45) is 2.40. The van der Waals surface area contributed by atoms with E-state index >= 15 is 0 Å². The molecule has 30 heavy (non-hydrogen) atoms. The zero-order valence-electron chi connectivity index (χ0n) is 16.2. The molecular weight excluding hydrogens is 448 g/mol. The Bertz CT molecular complexity index is 1110. The third-order valence-electron chi connectivity index (χ3n) is 6.77. The quantitative estimate of drug-likeness (QED) is 0.556. The number of halogens is 1. The molecule has 0 aromatic heterocycles. The van der Waals surface area contributed by atoms with E-state index in [9.17, 15) is 9.59 Å². The van der Waals surface area contributed by atoms with Gasteiger partial charge < -0.3 is 14.4 Å². The highest BCUT2D eigenvalue weighted by molar-refractivity contribution is 9.10. The Balaban J connectivity index is 1.20. The third-order valence-corrected chi connectivity index (χ3v) is 7.26. The number of fused-ring (bicyclic) bond motifs is 3. The number of carbonyl (C=O) groups is 2. The van der Waals surface area contributed by atoms with Crippen LogP contribution in [0.4, 0.5) is 0 Å². The van der Waals surface area contributed by atoms with Crippen molar-refractivity contribution in [3.63, 3.8) is 0 Å². The van der Waals surface area contributed by atoms with Crippen LogP contribution >= 0.6 is 15.9 Å². The van der Waals surface area contributed by atoms with Crippen LogP contribution in [0.25, 0.3) is 0 Å². The molecule has 152 valence electrons. The lowest BCUT2D eigenvalue weighted by molar-refractivity contribution is -0.130. The minimum absolute atomic E-state index is 0.198. The first-order valence-corrected chi connectivity index (χ1v) is 10.9. The average Bonchev–Trinajstić information content (AvgIpc) is 3.35. The molecule has 4 aliphatic rings. The summed E-state index contributed by atoms with van der Waals surface area (Å²) in [5, 5.41) is 0. The molecule has 6 nitrogen and oxygen atoms in total. The van der Waals surface area contributed by atoms with Crippen molar-refractivity contribution in [2.24, 2.45) is 4.99 Å². The van der Waals surface area contributed by atoms with Gasteiger partial charge in [0.1, 0.15) is 5.60 Å². The first-order valence-electron chi connectivity index (χ1n) is 10.2. The SMILES string of the molecule is O=C1OC2(CCN(C3=NC(=O)C4(Cc5ccccc5C4)O3)CC2)c2ccc(Br)cc21. The van der Waals surface area contributed by atoms with Gasteiger partial charge in [-0.25, -0.2) is 4.79 Å². The maximum absolute atomic E-state index is 12.8. The van der Waals surface area contributed by atoms with Crippen molar-refractivity contribution < 1.29 is 19.1 Å². The van der Waals surface area contributed by atoms with E-state index in [0.29, 0.717) is 50.4 Å². The van der Waals surface area contributed by atoms with E-state index in [2.05, 4.69) is 20.9 Å². The highest BCUT2D eigenvalue weighted by atomic mass is 79.9. The predicted molar refractivity (Wildman–Crippen MR) is 112 cm³/mol. The fourth-order valence-corrected chi connectivity index (χ4v) is 5.53. The van der Waals surface area contributed by atoms with Crippen LogP contribution in [-0.4, -0.2) is 41.5 Å². The Hall–Kier alpha value is -2.67. The number of esters is 1. The van der Waals surface area contributed by atoms with E-state index in [1.54, 1.807) is 0 Å². The summed E-state index contributed by atoms with van der Waals surface area (Å²) in [6, 6.07) is 14.2. The average molecular weight is 467 g/mol. The Morgan fingerprint density at radius 1 is 0.933 bits per heavy atom. The van der Waals surface area contributed by atoms with Crippen LogP contribution in [0.2, 0.25) is 0 Å². The van der Waals surface area contributed by atoms with Crippen LogP contribution in [-0.2, 0) is 32.7 Å². The molecule has 1 aliphatic carbocycles. The number of rotatable bonds is 0. The Kier molecular flexibility index (Phi) is 3.73. The van der Waals surface area contributed by atoms with E-state index in [1.165, 1.54) is 0 Å². The summed E-state index contributed by atoms with van der Waals surface area (Å²) in [5.41, 5.74) is 2.38. The topological polar surface area (TPSA) is 68.2 Å². The maximum Gasteiger partial charge on any atom is 0.339 e. The molecule has 2 aromatic carbocycles. The Labute approximate surface area is 182 Å². The van der Waals surface area contributed by atoms with Crippen molar-refractivity contribution in [3.8, 4) is 0 Å². The van der Waals surface area contributed by atoms with Gasteiger partial charge in [-0.3, -0.25) is 4.79 Å². The highest BCUT2D eigenvalue weighted by Gasteiger charge is 2.53. The fourth-order valence-electron chi connectivity index (χ4n) is 5.17. The van der Waals surface area contributed by atoms with E-state index < -0.39 is 11.2 Å². The first kappa shape index (κ1) is 18.1. The minimum atomic E-state index is -0.896. The number of benzene rings is 2. The molecule has 0 radical (unpaired) electrons. The monoisotopic (exact) mass is 466 g/mol. The van der Waals surface area contributed by atoms with Gasteiger partial charge in [-0.15, -0.1) is 0 Å². The molecule has 3 heterocycles. The molecule has 0 atom stereocenters. The number of nitrogens with zero attached hydrogens (tertiary/aromatic N) is 2. The van der Waals surface area contributed by atoms with Crippen molar-refractivity contribution >= 4 is 33.8 Å². The zero-order chi connectivity index (χ0) is 20.5. The number of amidine groups is 1. The summed E-state index contributed by atoms with van der Waals surface area (Å²) >= 11 is 3.42. The summed E-state index contributed by atoms with van der Waals surface area (Å²) in [7, 11) is 0. The number of aliphatic imine (C=N–C) groups is 1. The number of carbonyl (C=O) groups excluding carboxylic acids is 2. The molecule has 0 bridgehead atoms. The molecule has 1 fully saturated rings. The molecule has 1 saturated heterocycles. The summed E-state index contributed by atoms with van der Waals surface area (Å²) < 4.78 is 12.9. The van der Waals surface area contributed by atoms with Crippen molar-refractivity contribution in [1.29, 1.82) is 0 Å². The lowest BCUT2D eigenvalue weighted by atomic mass is 9.84. The summed E-state index contributed by atoms with van der Waals surface area (Å²) in [6.45, 7) is 1.22. The molecule has 7 heteroatoms. The molecule has 1 amide bonds. The number of likely N-dealkylation sites (tertiary alicyclic amines) is 1. The van der Waals surface area contributed by atoms with Gasteiger partial charge in [0.25, 0.3) is 11.9 Å². The number of amides is 1. The number of hydrogen-bond acceptors (Lipinski definition) is 5. The second kappa shape index (κ2) is 6.17. The number of ether oxygens (including phenoxy) is 2. The Morgan fingerprint density at radius 2 is 1.63 bits per heavy atom. The number of hydrogen-bond donors (Lipinski definition) is 0. The summed E-state index contributed by atoms with van der Waals surface area (Å²) in [4.78, 5) is 31.5. The van der Waals surface area contributed by atoms with E-state index in [0.717, 1.165) is 21.2 Å². The van der Waals surface area contributed by atoms with Gasteiger partial charge >= 0.3 is 5.97 Å². The van der Waals surface area contributed by atoms with Gasteiger partial charge in [0.2, 0.25) is 5.60 Å². The highest BCUT2D eigenvalue weighted by Crippen LogP contribution is 2.45. The van der Waals surface area contributed by atoms with Gasteiger partial charge in [-0.2, -0.15) is 4.99 Å². The molecule has 0 unspecified atom stereocenters. The van der Waals surface area contributed by atoms with Crippen molar-refractivity contribution in [2.75, 3.05) is 13.1 Å². The van der Waals surface area contributed by atoms with E-state index in [-0.39, 0.29) is 11.9 Å². The molecule has 2 spiro atoms. The second-order valence-corrected chi connectivity index (χ2v) is 9.39. The van der Waals surface area contributed by atoms with Crippen LogP contribution in [0, 0.1) is 0 Å². The molecule has 0 saturated carbocycles. The molecule has 2 aromatic rings. The van der Waals surface area contributed by atoms with Gasteiger partial charge in [-0.05, 0) is 23.3 Å². The number of piperidine rings is 1. The van der Waals surface area contributed by atoms with Gasteiger partial charge in [0.15, 0.2) is 0 Å². The minimum Gasteiger partial charge on any atom is -0.450 e. The first-order chi connectivity index (χ1) is 14.5. The molecule has 3 aliphatic heterocycles. The summed E-state index contributed by atoms with van der Waals surface area (Å²) in [5.74, 6) is -0.469. The predicted octanol–water partition coefficient (Wildman–Crippen LogP) is 3.36.